The van der Waals surface area contributed by atoms with Gasteiger partial charge in [-0.1, -0.05) is 24.3 Å². The van der Waals surface area contributed by atoms with Crippen LogP contribution in [-0.4, -0.2) is 45.5 Å². The van der Waals surface area contributed by atoms with Crippen molar-refractivity contribution in [2.24, 2.45) is 5.73 Å². The third-order valence-corrected chi connectivity index (χ3v) is 4.84. The lowest BCUT2D eigenvalue weighted by Crippen LogP contribution is -2.34. The molecule has 1 atom stereocenters. The van der Waals surface area contributed by atoms with Crippen LogP contribution in [0.4, 0.5) is 0 Å². The second kappa shape index (κ2) is 6.24. The number of nitrogens with two attached hydrogens (primary N) is 1. The lowest BCUT2D eigenvalue weighted by molar-refractivity contribution is 0.264. The van der Waals surface area contributed by atoms with Gasteiger partial charge in [0.1, 0.15) is 9.84 Å². The third kappa shape index (κ3) is 4.30. The van der Waals surface area contributed by atoms with E-state index in [2.05, 4.69) is 24.3 Å². The van der Waals surface area contributed by atoms with Crippen molar-refractivity contribution in [3.05, 3.63) is 35.4 Å². The number of benzene rings is 1. The van der Waals surface area contributed by atoms with Crippen LogP contribution in [-0.2, 0) is 9.84 Å². The molecule has 112 valence electrons. The molecule has 0 aromatic heterocycles. The van der Waals surface area contributed by atoms with Crippen molar-refractivity contribution in [2.75, 3.05) is 32.1 Å². The van der Waals surface area contributed by atoms with Gasteiger partial charge in [0.15, 0.2) is 0 Å². The number of likely N-dealkylation sites (N-methyl/N-ethyl adjacent to an activating group) is 1. The molecular formula is C15H24N2O2S. The molecule has 0 amide bonds. The van der Waals surface area contributed by atoms with Gasteiger partial charge in [0, 0.05) is 25.4 Å². The fourth-order valence-electron chi connectivity index (χ4n) is 2.47. The summed E-state index contributed by atoms with van der Waals surface area (Å²) in [4.78, 5) is 2.03. The zero-order valence-electron chi connectivity index (χ0n) is 12.2. The molecule has 0 bridgehead atoms. The third-order valence-electron chi connectivity index (χ3n) is 3.91. The van der Waals surface area contributed by atoms with Gasteiger partial charge in [-0.2, -0.15) is 0 Å². The number of nitrogens with zero attached hydrogens (tertiary/aromatic N) is 1. The SMILES string of the molecule is CN(CCS(C)(=O)=O)C(CN)c1cccc(C2CC2)c1. The van der Waals surface area contributed by atoms with Crippen LogP contribution in [0.3, 0.4) is 0 Å². The summed E-state index contributed by atoms with van der Waals surface area (Å²) >= 11 is 0. The van der Waals surface area contributed by atoms with Crippen molar-refractivity contribution < 1.29 is 8.42 Å². The van der Waals surface area contributed by atoms with Gasteiger partial charge in [-0.05, 0) is 36.9 Å². The summed E-state index contributed by atoms with van der Waals surface area (Å²) in [6.45, 7) is 1.00. The molecule has 1 aromatic carbocycles. The zero-order valence-corrected chi connectivity index (χ0v) is 13.1. The van der Waals surface area contributed by atoms with Gasteiger partial charge >= 0.3 is 0 Å². The molecule has 2 rings (SSSR count). The summed E-state index contributed by atoms with van der Waals surface area (Å²) in [5.41, 5.74) is 8.47. The largest absolute Gasteiger partial charge is 0.329 e. The van der Waals surface area contributed by atoms with Crippen LogP contribution < -0.4 is 5.73 Å². The first-order chi connectivity index (χ1) is 9.40. The van der Waals surface area contributed by atoms with Gasteiger partial charge in [0.2, 0.25) is 0 Å². The van der Waals surface area contributed by atoms with Crippen molar-refractivity contribution in [3.8, 4) is 0 Å². The van der Waals surface area contributed by atoms with Crippen molar-refractivity contribution in [3.63, 3.8) is 0 Å². The van der Waals surface area contributed by atoms with Gasteiger partial charge in [-0.15, -0.1) is 0 Å². The van der Waals surface area contributed by atoms with Crippen LogP contribution in [0.1, 0.15) is 35.9 Å². The summed E-state index contributed by atoms with van der Waals surface area (Å²) in [7, 11) is -1.00. The van der Waals surface area contributed by atoms with E-state index >= 15 is 0 Å². The van der Waals surface area contributed by atoms with Crippen molar-refractivity contribution in [1.82, 2.24) is 4.90 Å². The summed E-state index contributed by atoms with van der Waals surface area (Å²) in [5, 5.41) is 0. The molecule has 1 aliphatic carbocycles. The minimum Gasteiger partial charge on any atom is -0.329 e. The van der Waals surface area contributed by atoms with Gasteiger partial charge in [0.05, 0.1) is 5.75 Å². The Bertz CT molecular complexity index is 553. The van der Waals surface area contributed by atoms with Crippen LogP contribution in [0.2, 0.25) is 0 Å². The van der Waals surface area contributed by atoms with E-state index < -0.39 is 9.84 Å². The first kappa shape index (κ1) is 15.5. The van der Waals surface area contributed by atoms with Crippen molar-refractivity contribution in [1.29, 1.82) is 0 Å². The topological polar surface area (TPSA) is 63.4 Å². The zero-order chi connectivity index (χ0) is 14.8. The highest BCUT2D eigenvalue weighted by molar-refractivity contribution is 7.90. The Morgan fingerprint density at radius 2 is 2.10 bits per heavy atom. The molecule has 0 saturated heterocycles. The predicted molar refractivity (Wildman–Crippen MR) is 82.6 cm³/mol. The summed E-state index contributed by atoms with van der Waals surface area (Å²) in [6.07, 6.45) is 3.83. The highest BCUT2D eigenvalue weighted by Crippen LogP contribution is 2.40. The lowest BCUT2D eigenvalue weighted by Gasteiger charge is -2.27. The molecule has 1 aliphatic rings. The molecule has 1 fully saturated rings. The molecule has 0 aliphatic heterocycles. The average Bonchev–Trinajstić information content (AvgIpc) is 3.21. The Morgan fingerprint density at radius 1 is 1.40 bits per heavy atom. The van der Waals surface area contributed by atoms with E-state index in [4.69, 9.17) is 5.73 Å². The Labute approximate surface area is 121 Å². The second-order valence-electron chi connectivity index (χ2n) is 5.81. The van der Waals surface area contributed by atoms with E-state index in [0.29, 0.717) is 13.1 Å². The fourth-order valence-corrected chi connectivity index (χ4v) is 3.09. The average molecular weight is 296 g/mol. The predicted octanol–water partition coefficient (Wildman–Crippen LogP) is 1.54. The van der Waals surface area contributed by atoms with Crippen LogP contribution in [0, 0.1) is 0 Å². The molecule has 20 heavy (non-hydrogen) atoms. The first-order valence-corrected chi connectivity index (χ1v) is 9.14. The van der Waals surface area contributed by atoms with Crippen LogP contribution >= 0.6 is 0 Å². The molecule has 2 N–H and O–H groups in total. The fraction of sp³-hybridized carbons (Fsp3) is 0.600. The number of hydrogen-bond acceptors (Lipinski definition) is 4. The van der Waals surface area contributed by atoms with Gasteiger partial charge < -0.3 is 5.73 Å². The number of sulfone groups is 1. The van der Waals surface area contributed by atoms with Gasteiger partial charge in [-0.25, -0.2) is 8.42 Å². The smallest absolute Gasteiger partial charge is 0.148 e. The molecule has 0 radical (unpaired) electrons. The highest BCUT2D eigenvalue weighted by atomic mass is 32.2. The van der Waals surface area contributed by atoms with Crippen LogP contribution in [0.15, 0.2) is 24.3 Å². The molecule has 5 heteroatoms. The maximum Gasteiger partial charge on any atom is 0.148 e. The number of rotatable bonds is 7. The Hall–Kier alpha value is -0.910. The van der Waals surface area contributed by atoms with Gasteiger partial charge in [-0.3, -0.25) is 4.90 Å². The highest BCUT2D eigenvalue weighted by Gasteiger charge is 2.25. The Balaban J connectivity index is 2.08. The molecule has 0 heterocycles. The van der Waals surface area contributed by atoms with E-state index in [-0.39, 0.29) is 11.8 Å². The molecule has 1 unspecified atom stereocenters. The minimum atomic E-state index is -2.94. The normalized spacial score (nSPS) is 17.4. The van der Waals surface area contributed by atoms with Crippen LogP contribution in [0.5, 0.6) is 0 Å². The Kier molecular flexibility index (Phi) is 4.83. The quantitative estimate of drug-likeness (QED) is 0.829. The maximum absolute atomic E-state index is 11.3. The van der Waals surface area contributed by atoms with Gasteiger partial charge in [0.25, 0.3) is 0 Å². The number of hydrogen-bond donors (Lipinski definition) is 1. The standard InChI is InChI=1S/C15H24N2O2S/c1-17(8-9-20(2,18)19)15(11-16)14-5-3-4-13(10-14)12-6-7-12/h3-5,10,12,15H,6-9,11,16H2,1-2H3. The molecule has 4 nitrogen and oxygen atoms in total. The summed E-state index contributed by atoms with van der Waals surface area (Å²) in [5.74, 6) is 0.886. The molecule has 0 spiro atoms. The summed E-state index contributed by atoms with van der Waals surface area (Å²) < 4.78 is 22.6. The molecule has 1 aromatic rings. The monoisotopic (exact) mass is 296 g/mol. The van der Waals surface area contributed by atoms with E-state index in [1.807, 2.05) is 11.9 Å². The molecule has 1 saturated carbocycles. The Morgan fingerprint density at radius 3 is 2.65 bits per heavy atom. The van der Waals surface area contributed by atoms with E-state index in [1.54, 1.807) is 0 Å². The van der Waals surface area contributed by atoms with Crippen molar-refractivity contribution >= 4 is 9.84 Å². The van der Waals surface area contributed by atoms with E-state index in [0.717, 1.165) is 5.92 Å². The molecular weight excluding hydrogens is 272 g/mol. The first-order valence-electron chi connectivity index (χ1n) is 7.08. The second-order valence-corrected chi connectivity index (χ2v) is 8.07. The van der Waals surface area contributed by atoms with E-state index in [1.165, 1.54) is 30.2 Å². The van der Waals surface area contributed by atoms with Crippen molar-refractivity contribution in [2.45, 2.75) is 24.8 Å². The van der Waals surface area contributed by atoms with Crippen LogP contribution in [0.25, 0.3) is 0 Å². The summed E-state index contributed by atoms with van der Waals surface area (Å²) in [6, 6.07) is 8.64. The minimum absolute atomic E-state index is 0.0791. The van der Waals surface area contributed by atoms with E-state index in [9.17, 15) is 8.42 Å². The lowest BCUT2D eigenvalue weighted by atomic mass is 10.0. The maximum atomic E-state index is 11.3.